The molecular weight excluding hydrogens is 320 g/mol. The Kier molecular flexibility index (Phi) is 3.97. The molecule has 0 aliphatic carbocycles. The summed E-state index contributed by atoms with van der Waals surface area (Å²) < 4.78 is 12.8. The number of carbonyl (C=O) groups excluding carboxylic acids is 1. The van der Waals surface area contributed by atoms with Gasteiger partial charge in [0.2, 0.25) is 5.91 Å². The van der Waals surface area contributed by atoms with E-state index in [9.17, 15) is 4.79 Å². The van der Waals surface area contributed by atoms with Crippen LogP contribution in [0.1, 0.15) is 11.1 Å². The van der Waals surface area contributed by atoms with Crippen molar-refractivity contribution in [2.24, 2.45) is 5.92 Å². The maximum absolute atomic E-state index is 12.5. The first-order valence-corrected chi connectivity index (χ1v) is 8.10. The molecule has 0 saturated heterocycles. The molecule has 3 heterocycles. The van der Waals surface area contributed by atoms with Crippen LogP contribution < -0.4 is 14.8 Å². The summed E-state index contributed by atoms with van der Waals surface area (Å²) in [6.45, 7) is 0.729. The van der Waals surface area contributed by atoms with Gasteiger partial charge in [-0.15, -0.1) is 0 Å². The van der Waals surface area contributed by atoms with E-state index in [-0.39, 0.29) is 11.8 Å². The van der Waals surface area contributed by atoms with Gasteiger partial charge in [0.25, 0.3) is 0 Å². The fourth-order valence-corrected chi connectivity index (χ4v) is 3.05. The van der Waals surface area contributed by atoms with Crippen LogP contribution in [0, 0.1) is 5.92 Å². The number of amides is 1. The number of fused-ring (bicyclic) bond motifs is 2. The first-order valence-electron chi connectivity index (χ1n) is 8.10. The van der Waals surface area contributed by atoms with Gasteiger partial charge in [0.1, 0.15) is 6.61 Å². The predicted octanol–water partition coefficient (Wildman–Crippen LogP) is 1.61. The van der Waals surface area contributed by atoms with Gasteiger partial charge in [0.05, 0.1) is 19.2 Å². The van der Waals surface area contributed by atoms with E-state index in [0.29, 0.717) is 25.3 Å². The number of rotatable bonds is 4. The van der Waals surface area contributed by atoms with Crippen LogP contribution in [0.15, 0.2) is 42.9 Å². The van der Waals surface area contributed by atoms with Gasteiger partial charge in [-0.25, -0.2) is 9.50 Å². The second-order valence-corrected chi connectivity index (χ2v) is 5.94. The highest BCUT2D eigenvalue weighted by atomic mass is 16.5. The zero-order valence-electron chi connectivity index (χ0n) is 13.8. The van der Waals surface area contributed by atoms with E-state index < -0.39 is 0 Å². The summed E-state index contributed by atoms with van der Waals surface area (Å²) in [6.07, 6.45) is 5.89. The Hall–Kier alpha value is -3.09. The number of nitrogens with zero attached hydrogens (tertiary/aromatic N) is 3. The third kappa shape index (κ3) is 2.88. The molecule has 1 aliphatic rings. The molecule has 1 aromatic carbocycles. The van der Waals surface area contributed by atoms with E-state index >= 15 is 0 Å². The van der Waals surface area contributed by atoms with Crippen LogP contribution in [-0.4, -0.2) is 34.2 Å². The van der Waals surface area contributed by atoms with Gasteiger partial charge in [-0.05, 0) is 24.1 Å². The van der Waals surface area contributed by atoms with Gasteiger partial charge in [-0.3, -0.25) is 4.79 Å². The standard InChI is InChI=1S/C18H18N4O3/c1-24-15-5-2-4-12-8-13(11-25-16(12)15)18(23)20-9-14-10-21-22-7-3-6-19-17(14)22/h2-7,10,13H,8-9,11H2,1H3,(H,20,23). The monoisotopic (exact) mass is 338 g/mol. The Morgan fingerprint density at radius 1 is 1.44 bits per heavy atom. The van der Waals surface area contributed by atoms with Crippen LogP contribution in [0.3, 0.4) is 0 Å². The Balaban J connectivity index is 1.43. The predicted molar refractivity (Wildman–Crippen MR) is 90.5 cm³/mol. The average Bonchev–Trinajstić information content (AvgIpc) is 3.08. The van der Waals surface area contributed by atoms with Crippen LogP contribution >= 0.6 is 0 Å². The molecule has 7 nitrogen and oxygen atoms in total. The number of carbonyl (C=O) groups is 1. The number of hydrogen-bond donors (Lipinski definition) is 1. The lowest BCUT2D eigenvalue weighted by Crippen LogP contribution is -2.37. The second kappa shape index (κ2) is 6.43. The lowest BCUT2D eigenvalue weighted by Gasteiger charge is -2.25. The summed E-state index contributed by atoms with van der Waals surface area (Å²) in [4.78, 5) is 16.8. The SMILES string of the molecule is COc1cccc2c1OCC(C(=O)NCc1cnn3cccnc13)C2. The molecule has 0 spiro atoms. The quantitative estimate of drug-likeness (QED) is 0.782. The topological polar surface area (TPSA) is 77.8 Å². The van der Waals surface area contributed by atoms with E-state index in [0.717, 1.165) is 22.5 Å². The Bertz CT molecular complexity index is 922. The molecule has 0 bridgehead atoms. The molecular formula is C18H18N4O3. The maximum atomic E-state index is 12.5. The number of ether oxygens (including phenoxy) is 2. The number of hydrogen-bond acceptors (Lipinski definition) is 5. The highest BCUT2D eigenvalue weighted by Crippen LogP contribution is 2.36. The lowest BCUT2D eigenvalue weighted by atomic mass is 9.95. The summed E-state index contributed by atoms with van der Waals surface area (Å²) in [5.41, 5.74) is 2.62. The zero-order valence-corrected chi connectivity index (χ0v) is 13.8. The Morgan fingerprint density at radius 3 is 3.24 bits per heavy atom. The normalized spacial score (nSPS) is 16.1. The highest BCUT2D eigenvalue weighted by molar-refractivity contribution is 5.80. The van der Waals surface area contributed by atoms with Crippen molar-refractivity contribution in [2.45, 2.75) is 13.0 Å². The zero-order chi connectivity index (χ0) is 17.2. The van der Waals surface area contributed by atoms with Crippen molar-refractivity contribution >= 4 is 11.6 Å². The fourth-order valence-electron chi connectivity index (χ4n) is 3.05. The molecule has 1 N–H and O–H groups in total. The van der Waals surface area contributed by atoms with Gasteiger partial charge in [-0.1, -0.05) is 12.1 Å². The van der Waals surface area contributed by atoms with Crippen LogP contribution in [0.25, 0.3) is 5.65 Å². The van der Waals surface area contributed by atoms with Crippen molar-refractivity contribution in [1.82, 2.24) is 19.9 Å². The van der Waals surface area contributed by atoms with Gasteiger partial charge in [0.15, 0.2) is 17.1 Å². The fraction of sp³-hybridized carbons (Fsp3) is 0.278. The molecule has 7 heteroatoms. The molecule has 128 valence electrons. The number of para-hydroxylation sites is 1. The molecule has 0 fully saturated rings. The van der Waals surface area contributed by atoms with E-state index in [1.54, 1.807) is 24.0 Å². The minimum atomic E-state index is -0.227. The lowest BCUT2D eigenvalue weighted by molar-refractivity contribution is -0.126. The molecule has 25 heavy (non-hydrogen) atoms. The van der Waals surface area contributed by atoms with E-state index in [2.05, 4.69) is 15.4 Å². The van der Waals surface area contributed by atoms with Crippen molar-refractivity contribution in [1.29, 1.82) is 0 Å². The third-order valence-electron chi connectivity index (χ3n) is 4.35. The van der Waals surface area contributed by atoms with Crippen molar-refractivity contribution < 1.29 is 14.3 Å². The average molecular weight is 338 g/mol. The Labute approximate surface area is 144 Å². The molecule has 4 rings (SSSR count). The first kappa shape index (κ1) is 15.4. The maximum Gasteiger partial charge on any atom is 0.227 e. The van der Waals surface area contributed by atoms with Crippen LogP contribution in [0.5, 0.6) is 11.5 Å². The van der Waals surface area contributed by atoms with Crippen molar-refractivity contribution in [3.05, 3.63) is 54.0 Å². The van der Waals surface area contributed by atoms with E-state index in [1.165, 1.54) is 0 Å². The van der Waals surface area contributed by atoms with Crippen molar-refractivity contribution in [3.8, 4) is 11.5 Å². The van der Waals surface area contributed by atoms with Crippen LogP contribution in [-0.2, 0) is 17.8 Å². The molecule has 1 unspecified atom stereocenters. The van der Waals surface area contributed by atoms with Crippen molar-refractivity contribution in [3.63, 3.8) is 0 Å². The van der Waals surface area contributed by atoms with Gasteiger partial charge in [-0.2, -0.15) is 5.10 Å². The minimum Gasteiger partial charge on any atom is -0.493 e. The summed E-state index contributed by atoms with van der Waals surface area (Å²) in [5.74, 6) is 1.17. The van der Waals surface area contributed by atoms with Gasteiger partial charge < -0.3 is 14.8 Å². The summed E-state index contributed by atoms with van der Waals surface area (Å²) in [6, 6.07) is 7.54. The number of benzene rings is 1. The molecule has 1 amide bonds. The van der Waals surface area contributed by atoms with Crippen molar-refractivity contribution in [2.75, 3.05) is 13.7 Å². The molecule has 3 aromatic rings. The molecule has 0 radical (unpaired) electrons. The molecule has 0 saturated carbocycles. The summed E-state index contributed by atoms with van der Waals surface area (Å²) in [7, 11) is 1.61. The van der Waals surface area contributed by atoms with E-state index in [1.807, 2.05) is 30.5 Å². The van der Waals surface area contributed by atoms with E-state index in [4.69, 9.17) is 9.47 Å². The molecule has 1 aliphatic heterocycles. The van der Waals surface area contributed by atoms with Crippen LogP contribution in [0.2, 0.25) is 0 Å². The minimum absolute atomic E-state index is 0.0382. The van der Waals surface area contributed by atoms with Gasteiger partial charge in [0, 0.05) is 24.5 Å². The number of methoxy groups -OCH3 is 1. The number of nitrogens with one attached hydrogen (secondary N) is 1. The number of aromatic nitrogens is 3. The molecule has 1 atom stereocenters. The van der Waals surface area contributed by atoms with Crippen LogP contribution in [0.4, 0.5) is 0 Å². The second-order valence-electron chi connectivity index (χ2n) is 5.94. The Morgan fingerprint density at radius 2 is 2.36 bits per heavy atom. The summed E-state index contributed by atoms with van der Waals surface area (Å²) >= 11 is 0. The molecule has 2 aromatic heterocycles. The largest absolute Gasteiger partial charge is 0.493 e. The first-order chi connectivity index (χ1) is 12.3. The highest BCUT2D eigenvalue weighted by Gasteiger charge is 2.27. The smallest absolute Gasteiger partial charge is 0.227 e. The third-order valence-corrected chi connectivity index (χ3v) is 4.35. The summed E-state index contributed by atoms with van der Waals surface area (Å²) in [5, 5.41) is 7.19. The van der Waals surface area contributed by atoms with Gasteiger partial charge >= 0.3 is 0 Å².